The van der Waals surface area contributed by atoms with Gasteiger partial charge in [-0.05, 0) is 11.5 Å². The van der Waals surface area contributed by atoms with Crippen LogP contribution in [-0.4, -0.2) is 12.6 Å². The molecule has 0 unspecified atom stereocenters. The number of allylic oxidation sites excluding steroid dienone is 1. The molecule has 1 N–H and O–H groups in total. The monoisotopic (exact) mass is 155 g/mol. The molecule has 3 nitrogen and oxygen atoms in total. The number of amides is 1. The molecule has 0 aromatic rings. The Morgan fingerprint density at radius 3 is 2.55 bits per heavy atom. The number of nitrogens with one attached hydrogen (secondary N) is 1. The van der Waals surface area contributed by atoms with Crippen LogP contribution < -0.4 is 5.32 Å². The fourth-order valence-corrected chi connectivity index (χ4v) is 0.914. The Balaban J connectivity index is 2.62. The highest BCUT2D eigenvalue weighted by Crippen LogP contribution is 2.19. The van der Waals surface area contributed by atoms with Crippen LogP contribution in [-0.2, 0) is 4.74 Å². The van der Waals surface area contributed by atoms with Crippen molar-refractivity contribution >= 4 is 6.09 Å². The Morgan fingerprint density at radius 2 is 2.18 bits per heavy atom. The Labute approximate surface area is 66.4 Å². The van der Waals surface area contributed by atoms with Gasteiger partial charge in [-0.25, -0.2) is 4.79 Å². The molecule has 1 aliphatic heterocycles. The third kappa shape index (κ3) is 2.62. The molecule has 11 heavy (non-hydrogen) atoms. The first kappa shape index (κ1) is 8.11. The normalized spacial score (nSPS) is 21.7. The van der Waals surface area contributed by atoms with Gasteiger partial charge in [0.25, 0.3) is 0 Å². The van der Waals surface area contributed by atoms with E-state index < -0.39 is 0 Å². The SMILES string of the molecule is CC(C)(C)/C=C1/CNC(=O)O1. The van der Waals surface area contributed by atoms with Crippen molar-refractivity contribution in [3.8, 4) is 0 Å². The summed E-state index contributed by atoms with van der Waals surface area (Å²) in [5.41, 5.74) is 0.0711. The fourth-order valence-electron chi connectivity index (χ4n) is 0.914. The molecule has 0 saturated carbocycles. The molecule has 3 heteroatoms. The maximum Gasteiger partial charge on any atom is 0.412 e. The number of rotatable bonds is 0. The van der Waals surface area contributed by atoms with E-state index in [0.717, 1.165) is 5.76 Å². The second-order valence-corrected chi connectivity index (χ2v) is 3.72. The van der Waals surface area contributed by atoms with Crippen LogP contribution in [0.25, 0.3) is 0 Å². The minimum absolute atomic E-state index is 0.0711. The van der Waals surface area contributed by atoms with E-state index in [-0.39, 0.29) is 11.5 Å². The summed E-state index contributed by atoms with van der Waals surface area (Å²) < 4.78 is 4.85. The Morgan fingerprint density at radius 1 is 1.55 bits per heavy atom. The number of cyclic esters (lactones) is 1. The molecule has 1 saturated heterocycles. The minimum atomic E-state index is -0.347. The van der Waals surface area contributed by atoms with Crippen LogP contribution in [0.3, 0.4) is 0 Å². The number of hydrogen-bond donors (Lipinski definition) is 1. The molecule has 1 aliphatic rings. The van der Waals surface area contributed by atoms with E-state index in [1.54, 1.807) is 0 Å². The van der Waals surface area contributed by atoms with Crippen molar-refractivity contribution in [2.45, 2.75) is 20.8 Å². The van der Waals surface area contributed by atoms with Crippen molar-refractivity contribution in [2.24, 2.45) is 5.41 Å². The Hall–Kier alpha value is -0.990. The van der Waals surface area contributed by atoms with Crippen LogP contribution >= 0.6 is 0 Å². The van der Waals surface area contributed by atoms with Crippen LogP contribution in [0.4, 0.5) is 4.79 Å². The van der Waals surface area contributed by atoms with Crippen LogP contribution in [0.1, 0.15) is 20.8 Å². The number of ether oxygens (including phenoxy) is 1. The minimum Gasteiger partial charge on any atom is -0.413 e. The van der Waals surface area contributed by atoms with Gasteiger partial charge in [0, 0.05) is 0 Å². The summed E-state index contributed by atoms with van der Waals surface area (Å²) in [6.07, 6.45) is 1.60. The Bertz CT molecular complexity index is 201. The molecule has 1 amide bonds. The molecular weight excluding hydrogens is 142 g/mol. The quantitative estimate of drug-likeness (QED) is 0.577. The summed E-state index contributed by atoms with van der Waals surface area (Å²) in [7, 11) is 0. The lowest BCUT2D eigenvalue weighted by molar-refractivity contribution is 0.194. The summed E-state index contributed by atoms with van der Waals surface area (Å²) >= 11 is 0. The highest BCUT2D eigenvalue weighted by Gasteiger charge is 2.18. The maximum atomic E-state index is 10.6. The summed E-state index contributed by atoms with van der Waals surface area (Å²) in [5, 5.41) is 2.56. The van der Waals surface area contributed by atoms with Gasteiger partial charge in [0.05, 0.1) is 6.54 Å². The van der Waals surface area contributed by atoms with Crippen LogP contribution in [0.5, 0.6) is 0 Å². The van der Waals surface area contributed by atoms with Gasteiger partial charge in [0.15, 0.2) is 0 Å². The van der Waals surface area contributed by atoms with E-state index in [1.807, 2.05) is 6.08 Å². The Kier molecular flexibility index (Phi) is 1.89. The van der Waals surface area contributed by atoms with E-state index in [4.69, 9.17) is 4.74 Å². The molecule has 0 spiro atoms. The lowest BCUT2D eigenvalue weighted by atomic mass is 9.96. The van der Waals surface area contributed by atoms with Crippen molar-refractivity contribution < 1.29 is 9.53 Å². The second kappa shape index (κ2) is 2.57. The highest BCUT2D eigenvalue weighted by molar-refractivity contribution is 5.71. The molecule has 0 bridgehead atoms. The first-order chi connectivity index (χ1) is 4.97. The number of carbonyl (C=O) groups excluding carboxylic acids is 1. The van der Waals surface area contributed by atoms with Crippen molar-refractivity contribution in [1.29, 1.82) is 0 Å². The maximum absolute atomic E-state index is 10.6. The number of alkyl carbamates (subject to hydrolysis) is 1. The standard InChI is InChI=1S/C8H13NO2/c1-8(2,3)4-6-5-9-7(10)11-6/h4H,5H2,1-3H3,(H,9,10)/b6-4-. The molecule has 62 valence electrons. The first-order valence-electron chi connectivity index (χ1n) is 3.65. The summed E-state index contributed by atoms with van der Waals surface area (Å²) in [6.45, 7) is 6.71. The average Bonchev–Trinajstić information content (AvgIpc) is 2.10. The van der Waals surface area contributed by atoms with E-state index in [9.17, 15) is 4.79 Å². The third-order valence-corrected chi connectivity index (χ3v) is 1.22. The second-order valence-electron chi connectivity index (χ2n) is 3.72. The molecule has 1 fully saturated rings. The summed E-state index contributed by atoms with van der Waals surface area (Å²) in [6, 6.07) is 0. The van der Waals surface area contributed by atoms with Crippen LogP contribution in [0.2, 0.25) is 0 Å². The fraction of sp³-hybridized carbons (Fsp3) is 0.625. The average molecular weight is 155 g/mol. The lowest BCUT2D eigenvalue weighted by Crippen LogP contribution is -2.11. The van der Waals surface area contributed by atoms with Crippen molar-refractivity contribution in [2.75, 3.05) is 6.54 Å². The van der Waals surface area contributed by atoms with Crippen molar-refractivity contribution in [3.05, 3.63) is 11.8 Å². The zero-order chi connectivity index (χ0) is 8.48. The van der Waals surface area contributed by atoms with Crippen molar-refractivity contribution in [3.63, 3.8) is 0 Å². The smallest absolute Gasteiger partial charge is 0.412 e. The van der Waals surface area contributed by atoms with Gasteiger partial charge in [-0.15, -0.1) is 0 Å². The summed E-state index contributed by atoms with van der Waals surface area (Å²) in [5.74, 6) is 0.725. The molecule has 1 rings (SSSR count). The van der Waals surface area contributed by atoms with Crippen molar-refractivity contribution in [1.82, 2.24) is 5.32 Å². The van der Waals surface area contributed by atoms with Gasteiger partial charge in [-0.2, -0.15) is 0 Å². The molecule has 0 radical (unpaired) electrons. The molecule has 0 aliphatic carbocycles. The van der Waals surface area contributed by atoms with Gasteiger partial charge in [0.1, 0.15) is 5.76 Å². The molecule has 0 atom stereocenters. The highest BCUT2D eigenvalue weighted by atomic mass is 16.6. The van der Waals surface area contributed by atoms with Gasteiger partial charge in [0.2, 0.25) is 0 Å². The predicted molar refractivity (Wildman–Crippen MR) is 42.0 cm³/mol. The van der Waals surface area contributed by atoms with E-state index >= 15 is 0 Å². The van der Waals surface area contributed by atoms with Crippen LogP contribution in [0.15, 0.2) is 11.8 Å². The van der Waals surface area contributed by atoms with Crippen LogP contribution in [0, 0.1) is 5.41 Å². The zero-order valence-electron chi connectivity index (χ0n) is 7.10. The van der Waals surface area contributed by atoms with E-state index in [1.165, 1.54) is 0 Å². The molecule has 0 aromatic heterocycles. The topological polar surface area (TPSA) is 38.3 Å². The molecule has 1 heterocycles. The summed E-state index contributed by atoms with van der Waals surface area (Å²) in [4.78, 5) is 10.6. The molecular formula is C8H13NO2. The van der Waals surface area contributed by atoms with Gasteiger partial charge >= 0.3 is 6.09 Å². The number of carbonyl (C=O) groups is 1. The predicted octanol–water partition coefficient (Wildman–Crippen LogP) is 1.66. The first-order valence-corrected chi connectivity index (χ1v) is 3.65. The largest absolute Gasteiger partial charge is 0.413 e. The van der Waals surface area contributed by atoms with E-state index in [0.29, 0.717) is 6.54 Å². The van der Waals surface area contributed by atoms with E-state index in [2.05, 4.69) is 26.1 Å². The van der Waals surface area contributed by atoms with Gasteiger partial charge in [-0.3, -0.25) is 0 Å². The lowest BCUT2D eigenvalue weighted by Gasteiger charge is -2.11. The van der Waals surface area contributed by atoms with Gasteiger partial charge < -0.3 is 10.1 Å². The molecule has 0 aromatic carbocycles. The van der Waals surface area contributed by atoms with Gasteiger partial charge in [-0.1, -0.05) is 20.8 Å². The third-order valence-electron chi connectivity index (χ3n) is 1.22. The zero-order valence-corrected chi connectivity index (χ0v) is 7.10. The number of hydrogen-bond acceptors (Lipinski definition) is 2.